The number of anilines is 1. The minimum Gasteiger partial charge on any atom is -0.358 e. The minimum absolute atomic E-state index is 0.0101. The van der Waals surface area contributed by atoms with Crippen LogP contribution in [0.25, 0.3) is 11.6 Å². The quantitative estimate of drug-likeness (QED) is 0.269. The van der Waals surface area contributed by atoms with Crippen LogP contribution < -0.4 is 10.6 Å². The lowest BCUT2D eigenvalue weighted by atomic mass is 10.0. The van der Waals surface area contributed by atoms with E-state index in [0.29, 0.717) is 68.9 Å². The van der Waals surface area contributed by atoms with Crippen LogP contribution in [0.4, 0.5) is 5.69 Å². The zero-order chi connectivity index (χ0) is 30.5. The van der Waals surface area contributed by atoms with E-state index in [1.807, 2.05) is 18.7 Å². The van der Waals surface area contributed by atoms with Crippen molar-refractivity contribution in [2.45, 2.75) is 62.9 Å². The van der Waals surface area contributed by atoms with Gasteiger partial charge >= 0.3 is 0 Å². The van der Waals surface area contributed by atoms with E-state index in [2.05, 4.69) is 15.6 Å². The third-order valence-corrected chi connectivity index (χ3v) is 11.0. The van der Waals surface area contributed by atoms with Crippen molar-refractivity contribution >= 4 is 62.2 Å². The Morgan fingerprint density at radius 3 is 2.40 bits per heavy atom. The molecular formula is C32H34Cl2N4O4S. The van der Waals surface area contributed by atoms with Crippen molar-refractivity contribution in [1.82, 2.24) is 15.2 Å². The molecule has 2 aromatic carbocycles. The fourth-order valence-corrected chi connectivity index (χ4v) is 7.87. The van der Waals surface area contributed by atoms with Gasteiger partial charge in [-0.25, -0.2) is 8.42 Å². The number of halogens is 2. The highest BCUT2D eigenvalue weighted by atomic mass is 35.5. The average molecular weight is 642 g/mol. The molecule has 0 spiro atoms. The Bertz CT molecular complexity index is 1730. The average Bonchev–Trinajstić information content (AvgIpc) is 3.67. The molecular weight excluding hydrogens is 607 g/mol. The first-order valence-corrected chi connectivity index (χ1v) is 17.0. The normalized spacial score (nSPS) is 18.3. The van der Waals surface area contributed by atoms with Crippen molar-refractivity contribution in [1.29, 1.82) is 0 Å². The van der Waals surface area contributed by atoms with Gasteiger partial charge in [0.1, 0.15) is 0 Å². The zero-order valence-electron chi connectivity index (χ0n) is 24.1. The van der Waals surface area contributed by atoms with Gasteiger partial charge in [-0.2, -0.15) is 0 Å². The molecule has 0 atom stereocenters. The maximum absolute atomic E-state index is 13.6. The Labute approximate surface area is 261 Å². The highest BCUT2D eigenvalue weighted by Crippen LogP contribution is 2.36. The molecule has 0 unspecified atom stereocenters. The first-order valence-electron chi connectivity index (χ1n) is 14.6. The Morgan fingerprint density at radius 1 is 1.05 bits per heavy atom. The van der Waals surface area contributed by atoms with Gasteiger partial charge in [0.2, 0.25) is 0 Å². The Hall–Kier alpha value is -3.11. The number of hydrogen-bond acceptors (Lipinski definition) is 5. The number of piperidine rings is 1. The largest absolute Gasteiger partial charge is 0.358 e. The van der Waals surface area contributed by atoms with E-state index in [1.165, 1.54) is 25.0 Å². The Morgan fingerprint density at radius 2 is 1.72 bits per heavy atom. The van der Waals surface area contributed by atoms with Crippen LogP contribution in [0.3, 0.4) is 0 Å². The summed E-state index contributed by atoms with van der Waals surface area (Å²) < 4.78 is 26.6. The number of amides is 2. The number of benzene rings is 2. The molecule has 1 aromatic heterocycles. The number of nitrogens with zero attached hydrogens (tertiary/aromatic N) is 1. The number of aromatic nitrogens is 1. The third kappa shape index (κ3) is 6.13. The van der Waals surface area contributed by atoms with Crippen molar-refractivity contribution in [2.24, 2.45) is 0 Å². The third-order valence-electron chi connectivity index (χ3n) is 8.63. The standard InChI is InChI=1S/C32H34Cl2N4O4S/c1-18-29(35-19(2)30(18)32(40)38-13-10-21(11-14-38)36-20-6-7-20)17-25-24-16-22(8-9-28(24)37-31(25)39)43(41,42)15-12-23-26(33)4-3-5-27(23)34/h3-5,8-9,16-17,20-21,35-36H,6-7,10-15H2,1-2H3,(H,37,39)/b25-17-. The maximum Gasteiger partial charge on any atom is 0.256 e. The van der Waals surface area contributed by atoms with Gasteiger partial charge in [-0.15, -0.1) is 0 Å². The van der Waals surface area contributed by atoms with Crippen molar-refractivity contribution < 1.29 is 18.0 Å². The second-order valence-corrected chi connectivity index (χ2v) is 14.6. The molecule has 3 N–H and O–H groups in total. The van der Waals surface area contributed by atoms with Crippen molar-refractivity contribution in [3.63, 3.8) is 0 Å². The summed E-state index contributed by atoms with van der Waals surface area (Å²) in [5, 5.41) is 7.33. The highest BCUT2D eigenvalue weighted by molar-refractivity contribution is 7.91. The Kier molecular flexibility index (Phi) is 8.19. The van der Waals surface area contributed by atoms with Crippen LogP contribution in [0.15, 0.2) is 41.3 Å². The van der Waals surface area contributed by atoms with E-state index in [0.717, 1.165) is 24.1 Å². The van der Waals surface area contributed by atoms with Gasteiger partial charge in [-0.3, -0.25) is 9.59 Å². The molecule has 1 saturated heterocycles. The van der Waals surface area contributed by atoms with E-state index >= 15 is 0 Å². The number of carbonyl (C=O) groups is 2. The summed E-state index contributed by atoms with van der Waals surface area (Å²) in [5.41, 5.74) is 4.69. The van der Waals surface area contributed by atoms with Gasteiger partial charge in [0.15, 0.2) is 9.84 Å². The first-order chi connectivity index (χ1) is 20.5. The van der Waals surface area contributed by atoms with Gasteiger partial charge in [0, 0.05) is 57.9 Å². The van der Waals surface area contributed by atoms with E-state index in [4.69, 9.17) is 23.2 Å². The van der Waals surface area contributed by atoms with E-state index in [-0.39, 0.29) is 28.9 Å². The van der Waals surface area contributed by atoms with Crippen molar-refractivity contribution in [3.8, 4) is 0 Å². The molecule has 11 heteroatoms. The number of sulfone groups is 1. The predicted molar refractivity (Wildman–Crippen MR) is 171 cm³/mol. The molecule has 0 radical (unpaired) electrons. The summed E-state index contributed by atoms with van der Waals surface area (Å²) in [4.78, 5) is 31.9. The van der Waals surface area contributed by atoms with Crippen molar-refractivity contribution in [2.75, 3.05) is 24.2 Å². The number of carbonyl (C=O) groups excluding carboxylic acids is 2. The van der Waals surface area contributed by atoms with E-state index in [1.54, 1.807) is 30.3 Å². The van der Waals surface area contributed by atoms with Gasteiger partial charge in [0.25, 0.3) is 11.8 Å². The second-order valence-electron chi connectivity index (χ2n) is 11.7. The molecule has 226 valence electrons. The molecule has 6 rings (SSSR count). The Balaban J connectivity index is 1.23. The molecule has 8 nitrogen and oxygen atoms in total. The molecule has 3 aromatic rings. The molecule has 3 aliphatic rings. The SMILES string of the molecule is Cc1[nH]c(/C=C2\C(=O)Nc3ccc(S(=O)(=O)CCc4c(Cl)cccc4Cl)cc32)c(C)c1C(=O)N1CCC(NC2CC2)CC1. The zero-order valence-corrected chi connectivity index (χ0v) is 26.4. The molecule has 2 aliphatic heterocycles. The van der Waals surface area contributed by atoms with E-state index in [9.17, 15) is 18.0 Å². The van der Waals surface area contributed by atoms with Gasteiger partial charge < -0.3 is 20.5 Å². The maximum atomic E-state index is 13.6. The van der Waals surface area contributed by atoms with E-state index < -0.39 is 9.84 Å². The fraction of sp³-hybridized carbons (Fsp3) is 0.375. The van der Waals surface area contributed by atoms with Crippen molar-refractivity contribution in [3.05, 3.63) is 80.1 Å². The van der Waals surface area contributed by atoms with Crippen LogP contribution in [-0.2, 0) is 21.1 Å². The molecule has 43 heavy (non-hydrogen) atoms. The lowest BCUT2D eigenvalue weighted by molar-refractivity contribution is -0.110. The molecule has 3 heterocycles. The lowest BCUT2D eigenvalue weighted by Gasteiger charge is -2.32. The summed E-state index contributed by atoms with van der Waals surface area (Å²) in [6, 6.07) is 10.8. The van der Waals surface area contributed by atoms with Crippen LogP contribution in [0.5, 0.6) is 0 Å². The number of fused-ring (bicyclic) bond motifs is 1. The number of nitrogens with one attached hydrogen (secondary N) is 3. The molecule has 2 amide bonds. The summed E-state index contributed by atoms with van der Waals surface area (Å²) in [6.07, 6.45) is 6.23. The molecule has 1 saturated carbocycles. The molecule has 1 aliphatic carbocycles. The molecule has 0 bridgehead atoms. The number of hydrogen-bond donors (Lipinski definition) is 3. The molecule has 2 fully saturated rings. The number of likely N-dealkylation sites (tertiary alicyclic amines) is 1. The summed E-state index contributed by atoms with van der Waals surface area (Å²) in [5.74, 6) is -0.537. The number of aromatic amines is 1. The fourth-order valence-electron chi connectivity index (χ4n) is 6.00. The first kappa shape index (κ1) is 29.9. The van der Waals surface area contributed by atoms with Crippen LogP contribution >= 0.6 is 23.2 Å². The van der Waals surface area contributed by atoms with Gasteiger partial charge in [-0.05, 0) is 93.5 Å². The minimum atomic E-state index is -3.72. The smallest absolute Gasteiger partial charge is 0.256 e. The lowest BCUT2D eigenvalue weighted by Crippen LogP contribution is -2.45. The number of H-pyrrole nitrogens is 1. The summed E-state index contributed by atoms with van der Waals surface area (Å²) in [6.45, 7) is 5.15. The topological polar surface area (TPSA) is 111 Å². The number of aryl methyl sites for hydroxylation is 1. The summed E-state index contributed by atoms with van der Waals surface area (Å²) >= 11 is 12.5. The summed E-state index contributed by atoms with van der Waals surface area (Å²) in [7, 11) is -3.72. The van der Waals surface area contributed by atoms with Crippen LogP contribution in [0.1, 0.15) is 64.1 Å². The van der Waals surface area contributed by atoms with Crippen LogP contribution in [0, 0.1) is 13.8 Å². The predicted octanol–water partition coefficient (Wildman–Crippen LogP) is 5.80. The monoisotopic (exact) mass is 640 g/mol. The van der Waals surface area contributed by atoms with Crippen LogP contribution in [-0.4, -0.2) is 61.0 Å². The number of rotatable bonds is 8. The van der Waals surface area contributed by atoms with Gasteiger partial charge in [0.05, 0.1) is 21.8 Å². The van der Waals surface area contributed by atoms with Gasteiger partial charge in [-0.1, -0.05) is 29.3 Å². The van der Waals surface area contributed by atoms with Crippen LogP contribution in [0.2, 0.25) is 10.0 Å². The second kappa shape index (κ2) is 11.8. The highest BCUT2D eigenvalue weighted by Gasteiger charge is 2.31.